The first-order valence-corrected chi connectivity index (χ1v) is 5.26. The van der Waals surface area contributed by atoms with Gasteiger partial charge in [0.15, 0.2) is 0 Å². The van der Waals surface area contributed by atoms with Gasteiger partial charge in [-0.1, -0.05) is 27.6 Å². The molecule has 0 radical (unpaired) electrons. The van der Waals surface area contributed by atoms with Crippen LogP contribution < -0.4 is 0 Å². The molecule has 1 saturated heterocycles. The van der Waals surface area contributed by atoms with Crippen molar-refractivity contribution in [2.24, 2.45) is 5.92 Å². The highest BCUT2D eigenvalue weighted by atomic mass is 79.9. The minimum Gasteiger partial charge on any atom is -0.381 e. The van der Waals surface area contributed by atoms with Crippen LogP contribution in [-0.2, 0) is 4.74 Å². The summed E-state index contributed by atoms with van der Waals surface area (Å²) in [5, 5.41) is 1.00. The number of allylic oxidation sites excluding steroid dienone is 2. The largest absolute Gasteiger partial charge is 0.381 e. The van der Waals surface area contributed by atoms with E-state index >= 15 is 0 Å². The molecule has 0 N–H and O–H groups in total. The van der Waals surface area contributed by atoms with E-state index in [1.165, 1.54) is 18.4 Å². The summed E-state index contributed by atoms with van der Waals surface area (Å²) in [6.45, 7) is 4.05. The minimum atomic E-state index is 0.765. The van der Waals surface area contributed by atoms with E-state index in [0.717, 1.165) is 24.5 Å². The molecular weight excluding hydrogens is 204 g/mol. The number of hydrogen-bond acceptors (Lipinski definition) is 1. The second-order valence-electron chi connectivity index (χ2n) is 3.10. The van der Waals surface area contributed by atoms with Gasteiger partial charge in [0.25, 0.3) is 0 Å². The lowest BCUT2D eigenvalue weighted by molar-refractivity contribution is 0.0784. The number of alkyl halides is 1. The molecule has 0 bridgehead atoms. The third-order valence-electron chi connectivity index (χ3n) is 2.00. The molecule has 0 saturated carbocycles. The third kappa shape index (κ3) is 3.39. The molecule has 1 nitrogen and oxygen atoms in total. The fourth-order valence-electron chi connectivity index (χ4n) is 1.33. The first-order valence-electron chi connectivity index (χ1n) is 4.14. The van der Waals surface area contributed by atoms with Crippen LogP contribution in [0.4, 0.5) is 0 Å². The topological polar surface area (TPSA) is 9.23 Å². The van der Waals surface area contributed by atoms with Crippen LogP contribution in [-0.4, -0.2) is 18.5 Å². The van der Waals surface area contributed by atoms with Crippen LogP contribution in [0, 0.1) is 5.92 Å². The van der Waals surface area contributed by atoms with Gasteiger partial charge in [0.05, 0.1) is 0 Å². The van der Waals surface area contributed by atoms with Crippen molar-refractivity contribution in [1.29, 1.82) is 0 Å². The Bertz CT molecular complexity index is 136. The zero-order chi connectivity index (χ0) is 8.10. The van der Waals surface area contributed by atoms with Crippen molar-refractivity contribution in [3.8, 4) is 0 Å². The molecule has 0 aromatic carbocycles. The van der Waals surface area contributed by atoms with Crippen LogP contribution in [0.5, 0.6) is 0 Å². The van der Waals surface area contributed by atoms with Crippen LogP contribution in [0.3, 0.4) is 0 Å². The van der Waals surface area contributed by atoms with E-state index in [1.807, 2.05) is 0 Å². The molecule has 1 aliphatic heterocycles. The number of halogens is 1. The third-order valence-corrected chi connectivity index (χ3v) is 2.88. The molecule has 0 unspecified atom stereocenters. The van der Waals surface area contributed by atoms with E-state index in [-0.39, 0.29) is 0 Å². The summed E-state index contributed by atoms with van der Waals surface area (Å²) in [6, 6.07) is 0. The molecule has 2 heteroatoms. The molecule has 0 aliphatic carbocycles. The molecule has 0 spiro atoms. The van der Waals surface area contributed by atoms with Gasteiger partial charge in [-0.05, 0) is 25.7 Å². The maximum absolute atomic E-state index is 5.27. The van der Waals surface area contributed by atoms with Gasteiger partial charge in [-0.15, -0.1) is 0 Å². The SMILES string of the molecule is C/C(=C\C1CCOCC1)CBr. The second kappa shape index (κ2) is 4.94. The predicted molar refractivity (Wildman–Crippen MR) is 51.1 cm³/mol. The molecule has 0 atom stereocenters. The van der Waals surface area contributed by atoms with Crippen LogP contribution in [0.1, 0.15) is 19.8 Å². The van der Waals surface area contributed by atoms with Crippen LogP contribution in [0.25, 0.3) is 0 Å². The first-order chi connectivity index (χ1) is 5.33. The summed E-state index contributed by atoms with van der Waals surface area (Å²) in [4.78, 5) is 0. The molecule has 1 aliphatic rings. The summed E-state index contributed by atoms with van der Waals surface area (Å²) in [7, 11) is 0. The maximum atomic E-state index is 5.27. The fourth-order valence-corrected chi connectivity index (χ4v) is 1.52. The maximum Gasteiger partial charge on any atom is 0.0471 e. The average Bonchev–Trinajstić information content (AvgIpc) is 2.06. The van der Waals surface area contributed by atoms with E-state index in [9.17, 15) is 0 Å². The minimum absolute atomic E-state index is 0.765. The molecule has 0 aromatic heterocycles. The molecule has 0 aromatic rings. The van der Waals surface area contributed by atoms with Gasteiger partial charge in [0.1, 0.15) is 0 Å². The van der Waals surface area contributed by atoms with Gasteiger partial charge >= 0.3 is 0 Å². The Kier molecular flexibility index (Phi) is 4.16. The van der Waals surface area contributed by atoms with Crippen LogP contribution in [0.2, 0.25) is 0 Å². The van der Waals surface area contributed by atoms with Gasteiger partial charge in [0.2, 0.25) is 0 Å². The molecule has 64 valence electrons. The summed E-state index contributed by atoms with van der Waals surface area (Å²) in [5.41, 5.74) is 1.44. The van der Waals surface area contributed by atoms with Gasteiger partial charge < -0.3 is 4.74 Å². The Balaban J connectivity index is 2.34. The molecule has 1 heterocycles. The monoisotopic (exact) mass is 218 g/mol. The smallest absolute Gasteiger partial charge is 0.0471 e. The van der Waals surface area contributed by atoms with Crippen molar-refractivity contribution in [2.45, 2.75) is 19.8 Å². The van der Waals surface area contributed by atoms with E-state index in [4.69, 9.17) is 4.74 Å². The van der Waals surface area contributed by atoms with Crippen molar-refractivity contribution < 1.29 is 4.74 Å². The van der Waals surface area contributed by atoms with Crippen LogP contribution in [0.15, 0.2) is 11.6 Å². The Labute approximate surface area is 76.9 Å². The molecule has 1 fully saturated rings. The summed E-state index contributed by atoms with van der Waals surface area (Å²) < 4.78 is 5.27. The summed E-state index contributed by atoms with van der Waals surface area (Å²) >= 11 is 3.44. The lowest BCUT2D eigenvalue weighted by atomic mass is 9.98. The molecule has 1 rings (SSSR count). The summed E-state index contributed by atoms with van der Waals surface area (Å²) in [6.07, 6.45) is 4.77. The van der Waals surface area contributed by atoms with Crippen molar-refractivity contribution in [1.82, 2.24) is 0 Å². The van der Waals surface area contributed by atoms with Gasteiger partial charge in [-0.3, -0.25) is 0 Å². The Morgan fingerprint density at radius 2 is 2.18 bits per heavy atom. The zero-order valence-electron chi connectivity index (χ0n) is 6.98. The number of hydrogen-bond donors (Lipinski definition) is 0. The highest BCUT2D eigenvalue weighted by Gasteiger charge is 2.10. The average molecular weight is 219 g/mol. The van der Waals surface area contributed by atoms with Gasteiger partial charge in [-0.25, -0.2) is 0 Å². The lowest BCUT2D eigenvalue weighted by Crippen LogP contribution is -2.14. The zero-order valence-corrected chi connectivity index (χ0v) is 8.56. The first kappa shape index (κ1) is 9.27. The molecule has 0 amide bonds. The normalized spacial score (nSPS) is 22.2. The highest BCUT2D eigenvalue weighted by molar-refractivity contribution is 9.09. The van der Waals surface area contributed by atoms with E-state index in [0.29, 0.717) is 0 Å². The number of ether oxygens (including phenoxy) is 1. The Morgan fingerprint density at radius 3 is 2.73 bits per heavy atom. The highest BCUT2D eigenvalue weighted by Crippen LogP contribution is 2.18. The molecular formula is C9H15BrO. The van der Waals surface area contributed by atoms with Crippen molar-refractivity contribution >= 4 is 15.9 Å². The standard InChI is InChI=1S/C9H15BrO/c1-8(7-10)6-9-2-4-11-5-3-9/h6,9H,2-5,7H2,1H3/b8-6+. The number of rotatable bonds is 2. The Hall–Kier alpha value is 0.180. The fraction of sp³-hybridized carbons (Fsp3) is 0.778. The van der Waals surface area contributed by atoms with E-state index in [1.54, 1.807) is 0 Å². The Morgan fingerprint density at radius 1 is 1.55 bits per heavy atom. The molecule has 11 heavy (non-hydrogen) atoms. The van der Waals surface area contributed by atoms with E-state index < -0.39 is 0 Å². The van der Waals surface area contributed by atoms with Crippen molar-refractivity contribution in [2.75, 3.05) is 18.5 Å². The predicted octanol–water partition coefficient (Wildman–Crippen LogP) is 2.75. The van der Waals surface area contributed by atoms with Crippen LogP contribution >= 0.6 is 15.9 Å². The lowest BCUT2D eigenvalue weighted by Gasteiger charge is -2.19. The second-order valence-corrected chi connectivity index (χ2v) is 3.66. The van der Waals surface area contributed by atoms with Crippen molar-refractivity contribution in [3.63, 3.8) is 0 Å². The summed E-state index contributed by atoms with van der Waals surface area (Å²) in [5.74, 6) is 0.765. The van der Waals surface area contributed by atoms with E-state index in [2.05, 4.69) is 28.9 Å². The van der Waals surface area contributed by atoms with Crippen molar-refractivity contribution in [3.05, 3.63) is 11.6 Å². The van der Waals surface area contributed by atoms with Gasteiger partial charge in [0, 0.05) is 18.5 Å². The van der Waals surface area contributed by atoms with Gasteiger partial charge in [-0.2, -0.15) is 0 Å². The quantitative estimate of drug-likeness (QED) is 0.512.